The number of amides is 1. The lowest BCUT2D eigenvalue weighted by Crippen LogP contribution is -2.35. The second-order valence-corrected chi connectivity index (χ2v) is 4.38. The molecule has 1 atom stereocenters. The van der Waals surface area contributed by atoms with Gasteiger partial charge < -0.3 is 14.8 Å². The van der Waals surface area contributed by atoms with Crippen molar-refractivity contribution in [2.45, 2.75) is 6.10 Å². The van der Waals surface area contributed by atoms with Crippen LogP contribution in [0.1, 0.15) is 10.4 Å². The molecule has 7 nitrogen and oxygen atoms in total. The zero-order valence-electron chi connectivity index (χ0n) is 11.1. The van der Waals surface area contributed by atoms with Gasteiger partial charge in [-0.1, -0.05) is 11.6 Å². The maximum absolute atomic E-state index is 12.0. The highest BCUT2D eigenvalue weighted by molar-refractivity contribution is 6.31. The number of carbonyl (C=O) groups is 1. The van der Waals surface area contributed by atoms with Crippen molar-refractivity contribution in [1.29, 1.82) is 0 Å². The van der Waals surface area contributed by atoms with Crippen LogP contribution in [0.3, 0.4) is 0 Å². The fraction of sp³-hybridized carbons (Fsp3) is 0.417. The molecule has 1 aromatic rings. The fourth-order valence-electron chi connectivity index (χ4n) is 1.55. The number of carbonyl (C=O) groups excluding carboxylic acids is 1. The number of ether oxygens (including phenoxy) is 2. The van der Waals surface area contributed by atoms with E-state index in [1.807, 2.05) is 0 Å². The van der Waals surface area contributed by atoms with Crippen molar-refractivity contribution in [3.8, 4) is 0 Å². The molecule has 0 fully saturated rings. The van der Waals surface area contributed by atoms with E-state index in [0.29, 0.717) is 6.61 Å². The predicted octanol–water partition coefficient (Wildman–Crippen LogP) is 1.64. The van der Waals surface area contributed by atoms with Crippen molar-refractivity contribution >= 4 is 23.2 Å². The van der Waals surface area contributed by atoms with Crippen LogP contribution in [-0.2, 0) is 9.47 Å². The third-order valence-electron chi connectivity index (χ3n) is 2.58. The van der Waals surface area contributed by atoms with Gasteiger partial charge in [0.15, 0.2) is 0 Å². The van der Waals surface area contributed by atoms with Crippen LogP contribution in [0.15, 0.2) is 18.2 Å². The van der Waals surface area contributed by atoms with Crippen LogP contribution in [0.25, 0.3) is 0 Å². The molecule has 0 aliphatic heterocycles. The Hall–Kier alpha value is -1.70. The first-order chi connectivity index (χ1) is 9.49. The first-order valence-electron chi connectivity index (χ1n) is 5.73. The van der Waals surface area contributed by atoms with Gasteiger partial charge in [-0.25, -0.2) is 0 Å². The van der Waals surface area contributed by atoms with E-state index in [1.165, 1.54) is 32.4 Å². The minimum Gasteiger partial charge on any atom is -0.382 e. The van der Waals surface area contributed by atoms with Gasteiger partial charge in [-0.05, 0) is 12.1 Å². The molecule has 1 aromatic carbocycles. The Morgan fingerprint density at radius 2 is 2.20 bits per heavy atom. The Bertz CT molecular complexity index is 495. The van der Waals surface area contributed by atoms with Gasteiger partial charge in [-0.3, -0.25) is 14.9 Å². The van der Waals surface area contributed by atoms with E-state index in [0.717, 1.165) is 0 Å². The third kappa shape index (κ3) is 4.44. The summed E-state index contributed by atoms with van der Waals surface area (Å²) in [5.41, 5.74) is -0.387. The minimum atomic E-state index is -0.631. The summed E-state index contributed by atoms with van der Waals surface area (Å²) in [4.78, 5) is 22.2. The highest BCUT2D eigenvalue weighted by atomic mass is 35.5. The number of nitro benzene ring substituents is 1. The molecule has 20 heavy (non-hydrogen) atoms. The smallest absolute Gasteiger partial charge is 0.282 e. The monoisotopic (exact) mass is 302 g/mol. The molecule has 110 valence electrons. The molecule has 1 rings (SSSR count). The largest absolute Gasteiger partial charge is 0.382 e. The maximum Gasteiger partial charge on any atom is 0.282 e. The molecule has 1 unspecified atom stereocenters. The van der Waals surface area contributed by atoms with Gasteiger partial charge in [-0.2, -0.15) is 0 Å². The van der Waals surface area contributed by atoms with Crippen LogP contribution in [0.4, 0.5) is 5.69 Å². The molecule has 0 saturated heterocycles. The number of nitrogens with one attached hydrogen (secondary N) is 1. The summed E-state index contributed by atoms with van der Waals surface area (Å²) in [6.45, 7) is 0.473. The molecule has 8 heteroatoms. The Labute approximate surface area is 121 Å². The number of benzene rings is 1. The van der Waals surface area contributed by atoms with E-state index < -0.39 is 10.8 Å². The van der Waals surface area contributed by atoms with E-state index in [-0.39, 0.29) is 28.9 Å². The minimum absolute atomic E-state index is 0.0882. The molecule has 0 aliphatic carbocycles. The number of methoxy groups -OCH3 is 2. The van der Waals surface area contributed by atoms with Crippen molar-refractivity contribution in [1.82, 2.24) is 5.32 Å². The van der Waals surface area contributed by atoms with Crippen LogP contribution in [0.2, 0.25) is 5.02 Å². The summed E-state index contributed by atoms with van der Waals surface area (Å²) in [6, 6.07) is 3.81. The van der Waals surface area contributed by atoms with Crippen molar-refractivity contribution in [2.24, 2.45) is 0 Å². The van der Waals surface area contributed by atoms with E-state index in [9.17, 15) is 14.9 Å². The molecule has 0 bridgehead atoms. The molecular formula is C12H15ClN2O5. The van der Waals surface area contributed by atoms with Crippen LogP contribution >= 0.6 is 11.6 Å². The van der Waals surface area contributed by atoms with Gasteiger partial charge in [-0.15, -0.1) is 0 Å². The van der Waals surface area contributed by atoms with E-state index in [4.69, 9.17) is 21.1 Å². The lowest BCUT2D eigenvalue weighted by Gasteiger charge is -2.15. The van der Waals surface area contributed by atoms with Crippen LogP contribution in [0, 0.1) is 10.1 Å². The molecule has 1 amide bonds. The normalized spacial score (nSPS) is 11.9. The Morgan fingerprint density at radius 3 is 2.75 bits per heavy atom. The SMILES string of the molecule is COCC(CNC(=O)c1cc(Cl)ccc1[N+](=O)[O-])OC. The van der Waals surface area contributed by atoms with E-state index in [1.54, 1.807) is 0 Å². The van der Waals surface area contributed by atoms with Crippen LogP contribution in [-0.4, -0.2) is 44.3 Å². The van der Waals surface area contributed by atoms with Crippen LogP contribution < -0.4 is 5.32 Å². The number of nitrogens with zero attached hydrogens (tertiary/aromatic N) is 1. The number of hydrogen-bond donors (Lipinski definition) is 1. The van der Waals surface area contributed by atoms with Gasteiger partial charge >= 0.3 is 0 Å². The quantitative estimate of drug-likeness (QED) is 0.611. The number of rotatable bonds is 7. The second kappa shape index (κ2) is 7.78. The number of halogens is 1. The molecule has 0 spiro atoms. The first kappa shape index (κ1) is 16.4. The Balaban J connectivity index is 2.81. The summed E-state index contributed by atoms with van der Waals surface area (Å²) >= 11 is 5.76. The van der Waals surface area contributed by atoms with Crippen molar-refractivity contribution in [2.75, 3.05) is 27.4 Å². The maximum atomic E-state index is 12.0. The average Bonchev–Trinajstić information content (AvgIpc) is 2.42. The second-order valence-electron chi connectivity index (χ2n) is 3.94. The topological polar surface area (TPSA) is 90.7 Å². The summed E-state index contributed by atoms with van der Waals surface area (Å²) in [6.07, 6.45) is -0.331. The lowest BCUT2D eigenvalue weighted by molar-refractivity contribution is -0.385. The summed E-state index contributed by atoms with van der Waals surface area (Å²) in [5.74, 6) is -0.586. The van der Waals surface area contributed by atoms with Crippen LogP contribution in [0.5, 0.6) is 0 Å². The molecule has 0 heterocycles. The van der Waals surface area contributed by atoms with Gasteiger partial charge in [0.2, 0.25) is 0 Å². The highest BCUT2D eigenvalue weighted by Crippen LogP contribution is 2.22. The fourth-order valence-corrected chi connectivity index (χ4v) is 1.72. The highest BCUT2D eigenvalue weighted by Gasteiger charge is 2.21. The molecule has 0 aliphatic rings. The van der Waals surface area contributed by atoms with Crippen molar-refractivity contribution < 1.29 is 19.2 Å². The van der Waals surface area contributed by atoms with E-state index >= 15 is 0 Å². The van der Waals surface area contributed by atoms with Crippen molar-refractivity contribution in [3.63, 3.8) is 0 Å². The standard InChI is InChI=1S/C12H15ClN2O5/c1-19-7-9(20-2)6-14-12(16)10-5-8(13)3-4-11(10)15(17)18/h3-5,9H,6-7H2,1-2H3,(H,14,16). The molecule has 0 radical (unpaired) electrons. The summed E-state index contributed by atoms with van der Waals surface area (Å²) in [5, 5.41) is 13.7. The Kier molecular flexibility index (Phi) is 6.37. The molecule has 0 aromatic heterocycles. The van der Waals surface area contributed by atoms with Gasteiger partial charge in [0.25, 0.3) is 11.6 Å². The summed E-state index contributed by atoms with van der Waals surface area (Å²) < 4.78 is 9.99. The zero-order chi connectivity index (χ0) is 15.1. The lowest BCUT2D eigenvalue weighted by atomic mass is 10.1. The molecule has 0 saturated carbocycles. The summed E-state index contributed by atoms with van der Waals surface area (Å²) in [7, 11) is 2.99. The van der Waals surface area contributed by atoms with Gasteiger partial charge in [0.05, 0.1) is 17.6 Å². The number of nitro groups is 1. The predicted molar refractivity (Wildman–Crippen MR) is 73.1 cm³/mol. The molecule has 1 N–H and O–H groups in total. The third-order valence-corrected chi connectivity index (χ3v) is 2.81. The number of hydrogen-bond acceptors (Lipinski definition) is 5. The van der Waals surface area contributed by atoms with E-state index in [2.05, 4.69) is 5.32 Å². The molecular weight excluding hydrogens is 288 g/mol. The Morgan fingerprint density at radius 1 is 1.50 bits per heavy atom. The van der Waals surface area contributed by atoms with Gasteiger partial charge in [0, 0.05) is 31.9 Å². The zero-order valence-corrected chi connectivity index (χ0v) is 11.8. The van der Waals surface area contributed by atoms with Crippen molar-refractivity contribution in [3.05, 3.63) is 38.9 Å². The first-order valence-corrected chi connectivity index (χ1v) is 6.11. The average molecular weight is 303 g/mol. The van der Waals surface area contributed by atoms with Gasteiger partial charge in [0.1, 0.15) is 5.56 Å².